The fraction of sp³-hybridized carbons (Fsp3) is 0. The highest BCUT2D eigenvalue weighted by atomic mass is 32.1. The van der Waals surface area contributed by atoms with Crippen LogP contribution in [0.3, 0.4) is 0 Å². The average Bonchev–Trinajstić information content (AvgIpc) is 2.96. The van der Waals surface area contributed by atoms with Crippen molar-refractivity contribution in [3.8, 4) is 0 Å². The van der Waals surface area contributed by atoms with Gasteiger partial charge >= 0.3 is 0 Å². The van der Waals surface area contributed by atoms with E-state index in [1.54, 1.807) is 6.20 Å². The lowest BCUT2D eigenvalue weighted by Crippen LogP contribution is -1.73. The van der Waals surface area contributed by atoms with Crippen LogP contribution in [-0.2, 0) is 0 Å². The number of benzene rings is 1. The number of nitrogens with one attached hydrogen (secondary N) is 1. The molecule has 2 aromatic heterocycles. The summed E-state index contributed by atoms with van der Waals surface area (Å²) in [6.07, 6.45) is 5.58. The highest BCUT2D eigenvalue weighted by Crippen LogP contribution is 2.17. The van der Waals surface area contributed by atoms with Gasteiger partial charge in [-0.15, -0.1) is 0 Å². The second-order valence-corrected chi connectivity index (χ2v) is 3.88. The predicted molar refractivity (Wildman–Crippen MR) is 64.9 cm³/mol. The molecule has 0 spiro atoms. The summed E-state index contributed by atoms with van der Waals surface area (Å²) in [5.74, 6) is 0. The lowest BCUT2D eigenvalue weighted by Gasteiger charge is -1.87. The fourth-order valence-corrected chi connectivity index (χ4v) is 1.93. The summed E-state index contributed by atoms with van der Waals surface area (Å²) in [4.78, 5) is 0. The van der Waals surface area contributed by atoms with Gasteiger partial charge in [0.05, 0.1) is 34.8 Å². The van der Waals surface area contributed by atoms with Crippen molar-refractivity contribution in [2.75, 3.05) is 0 Å². The van der Waals surface area contributed by atoms with Gasteiger partial charge < -0.3 is 0 Å². The van der Waals surface area contributed by atoms with Gasteiger partial charge in [-0.1, -0.05) is 18.2 Å². The normalized spacial score (nSPS) is 11.5. The molecular formula is C11H8N4S. The smallest absolute Gasteiger partial charge is 0.0970 e. The van der Waals surface area contributed by atoms with Crippen LogP contribution in [-0.4, -0.2) is 18.9 Å². The van der Waals surface area contributed by atoms with E-state index in [-0.39, 0.29) is 0 Å². The molecule has 0 aliphatic heterocycles. The van der Waals surface area contributed by atoms with Crippen molar-refractivity contribution in [1.82, 2.24) is 18.9 Å². The van der Waals surface area contributed by atoms with Crippen LogP contribution in [0.1, 0.15) is 11.4 Å². The molecule has 1 N–H and O–H groups in total. The third-order valence-corrected chi connectivity index (χ3v) is 2.78. The van der Waals surface area contributed by atoms with Gasteiger partial charge in [-0.05, 0) is 18.2 Å². The summed E-state index contributed by atoms with van der Waals surface area (Å²) in [6, 6.07) is 8.03. The molecule has 0 aliphatic carbocycles. The molecule has 0 aliphatic rings. The van der Waals surface area contributed by atoms with E-state index in [9.17, 15) is 0 Å². The lowest BCUT2D eigenvalue weighted by atomic mass is 10.2. The molecule has 0 saturated carbocycles. The van der Waals surface area contributed by atoms with Gasteiger partial charge in [-0.25, -0.2) is 0 Å². The highest BCUT2D eigenvalue weighted by Gasteiger charge is 2.00. The van der Waals surface area contributed by atoms with Crippen molar-refractivity contribution in [3.05, 3.63) is 41.9 Å². The number of para-hydroxylation sites is 1. The maximum Gasteiger partial charge on any atom is 0.0970 e. The number of aromatic amines is 1. The predicted octanol–water partition coefficient (Wildman–Crippen LogP) is 2.58. The zero-order chi connectivity index (χ0) is 10.8. The Hall–Kier alpha value is -2.01. The van der Waals surface area contributed by atoms with Crippen molar-refractivity contribution < 1.29 is 0 Å². The largest absolute Gasteiger partial charge is 0.277 e. The minimum absolute atomic E-state index is 0.858. The maximum atomic E-state index is 4.24. The number of fused-ring (bicyclic) bond motifs is 1. The van der Waals surface area contributed by atoms with Gasteiger partial charge in [0, 0.05) is 5.39 Å². The first-order valence-electron chi connectivity index (χ1n) is 4.82. The van der Waals surface area contributed by atoms with Crippen LogP contribution in [0, 0.1) is 0 Å². The molecule has 0 radical (unpaired) electrons. The first-order valence-corrected chi connectivity index (χ1v) is 5.55. The van der Waals surface area contributed by atoms with Gasteiger partial charge in [0.25, 0.3) is 0 Å². The van der Waals surface area contributed by atoms with E-state index in [0.717, 1.165) is 22.3 Å². The number of hydrogen-bond donors (Lipinski definition) is 1. The Bertz CT molecular complexity index is 624. The molecule has 0 saturated heterocycles. The topological polar surface area (TPSA) is 54.5 Å². The van der Waals surface area contributed by atoms with E-state index in [4.69, 9.17) is 0 Å². The Kier molecular flexibility index (Phi) is 2.23. The molecule has 1 aromatic carbocycles. The molecular weight excluding hydrogens is 220 g/mol. The maximum absolute atomic E-state index is 4.24. The van der Waals surface area contributed by atoms with Crippen LogP contribution in [0.5, 0.6) is 0 Å². The first kappa shape index (κ1) is 9.23. The summed E-state index contributed by atoms with van der Waals surface area (Å²) >= 11 is 1.20. The molecule has 0 atom stereocenters. The summed E-state index contributed by atoms with van der Waals surface area (Å²) in [6.45, 7) is 0. The molecule has 0 unspecified atom stereocenters. The number of hydrogen-bond acceptors (Lipinski definition) is 4. The quantitative estimate of drug-likeness (QED) is 0.733. The molecule has 3 aromatic rings. The van der Waals surface area contributed by atoms with Crippen LogP contribution in [0.4, 0.5) is 0 Å². The average molecular weight is 228 g/mol. The number of rotatable bonds is 2. The van der Waals surface area contributed by atoms with Gasteiger partial charge in [0.2, 0.25) is 0 Å². The SMILES string of the molecule is C(=Cc1n[nH]c2ccccc12)c1cnsn1. The van der Waals surface area contributed by atoms with Crippen LogP contribution in [0.2, 0.25) is 0 Å². The second kappa shape index (κ2) is 3.86. The van der Waals surface area contributed by atoms with Crippen molar-refractivity contribution >= 4 is 34.8 Å². The summed E-state index contributed by atoms with van der Waals surface area (Å²) < 4.78 is 8.04. The number of H-pyrrole nitrogens is 1. The minimum Gasteiger partial charge on any atom is -0.277 e. The Morgan fingerprint density at radius 3 is 3.00 bits per heavy atom. The Labute approximate surface area is 96.0 Å². The molecule has 16 heavy (non-hydrogen) atoms. The second-order valence-electron chi connectivity index (χ2n) is 3.32. The van der Waals surface area contributed by atoms with Gasteiger partial charge in [0.15, 0.2) is 0 Å². The zero-order valence-corrected chi connectivity index (χ0v) is 9.11. The first-order chi connectivity index (χ1) is 7.93. The van der Waals surface area contributed by atoms with E-state index in [1.165, 1.54) is 11.7 Å². The monoisotopic (exact) mass is 228 g/mol. The molecule has 3 rings (SSSR count). The highest BCUT2D eigenvalue weighted by molar-refractivity contribution is 6.99. The van der Waals surface area contributed by atoms with Gasteiger partial charge in [0.1, 0.15) is 0 Å². The molecule has 78 valence electrons. The number of aromatic nitrogens is 4. The van der Waals surface area contributed by atoms with Crippen LogP contribution in [0.15, 0.2) is 30.5 Å². The summed E-state index contributed by atoms with van der Waals surface area (Å²) in [5.41, 5.74) is 2.82. The molecule has 5 heteroatoms. The zero-order valence-electron chi connectivity index (χ0n) is 8.29. The van der Waals surface area contributed by atoms with Crippen molar-refractivity contribution in [2.24, 2.45) is 0 Å². The fourth-order valence-electron chi connectivity index (χ4n) is 1.52. The van der Waals surface area contributed by atoms with Crippen LogP contribution < -0.4 is 0 Å². The summed E-state index contributed by atoms with van der Waals surface area (Å²) in [5, 5.41) is 8.33. The Morgan fingerprint density at radius 2 is 2.12 bits per heavy atom. The molecule has 2 heterocycles. The number of nitrogens with zero attached hydrogens (tertiary/aromatic N) is 3. The molecule has 0 amide bonds. The van der Waals surface area contributed by atoms with E-state index < -0.39 is 0 Å². The van der Waals surface area contributed by atoms with Gasteiger partial charge in [-0.3, -0.25) is 5.10 Å². The van der Waals surface area contributed by atoms with Crippen molar-refractivity contribution in [2.45, 2.75) is 0 Å². The minimum atomic E-state index is 0.858. The third kappa shape index (κ3) is 1.61. The molecule has 4 nitrogen and oxygen atoms in total. The van der Waals surface area contributed by atoms with E-state index in [2.05, 4.69) is 18.9 Å². The Balaban J connectivity index is 2.01. The van der Waals surface area contributed by atoms with Crippen LogP contribution in [0.25, 0.3) is 23.1 Å². The molecule has 0 fully saturated rings. The third-order valence-electron chi connectivity index (χ3n) is 2.29. The van der Waals surface area contributed by atoms with Crippen molar-refractivity contribution in [3.63, 3.8) is 0 Å². The molecule has 0 bridgehead atoms. The standard InChI is InChI=1S/C11H8N4S/c1-2-4-10-9(3-1)11(14-13-10)6-5-8-7-12-16-15-8/h1-7H,(H,13,14). The van der Waals surface area contributed by atoms with E-state index >= 15 is 0 Å². The lowest BCUT2D eigenvalue weighted by molar-refractivity contribution is 1.11. The van der Waals surface area contributed by atoms with Crippen molar-refractivity contribution in [1.29, 1.82) is 0 Å². The van der Waals surface area contributed by atoms with Gasteiger partial charge in [-0.2, -0.15) is 13.8 Å². The van der Waals surface area contributed by atoms with E-state index in [0.29, 0.717) is 0 Å². The Morgan fingerprint density at radius 1 is 1.19 bits per heavy atom. The summed E-state index contributed by atoms with van der Waals surface area (Å²) in [7, 11) is 0. The van der Waals surface area contributed by atoms with E-state index in [1.807, 2.05) is 36.4 Å². The van der Waals surface area contributed by atoms with Crippen LogP contribution >= 0.6 is 11.7 Å².